The molecule has 4 unspecified atom stereocenters. The van der Waals surface area contributed by atoms with Crippen molar-refractivity contribution in [3.8, 4) is 0 Å². The minimum absolute atomic E-state index is 0. The molecule has 0 heterocycles. The maximum atomic E-state index is 12.5. The van der Waals surface area contributed by atoms with E-state index in [1.54, 1.807) is 6.92 Å². The van der Waals surface area contributed by atoms with Crippen molar-refractivity contribution in [2.75, 3.05) is 13.7 Å². The van der Waals surface area contributed by atoms with E-state index in [1.807, 2.05) is 0 Å². The van der Waals surface area contributed by atoms with Crippen molar-refractivity contribution >= 4 is 11.9 Å². The SMILES string of the molecule is C.C.CC(O)(CC1CC2CCC1C2)C(F)(F)F.CCC(=O)OC.CCC(=O)OCC(O)(C(F)(F)F)C(F)(F)F.CCC(C)(C(F)(F)F)C(F)(F)F. The number of carbonyl (C=O) groups excluding carboxylic acids is 2. The Kier molecular flexibility index (Phi) is 22.1. The van der Waals surface area contributed by atoms with E-state index in [1.165, 1.54) is 20.5 Å². The Labute approximate surface area is 287 Å². The summed E-state index contributed by atoms with van der Waals surface area (Å²) in [6, 6.07) is 0. The predicted molar refractivity (Wildman–Crippen MR) is 155 cm³/mol. The fraction of sp³-hybridized carbons (Fsp3) is 0.933. The molecule has 2 aliphatic carbocycles. The van der Waals surface area contributed by atoms with Crippen molar-refractivity contribution < 1.29 is 95.1 Å². The molecule has 0 aliphatic heterocycles. The Morgan fingerprint density at radius 3 is 1.25 bits per heavy atom. The first-order valence-electron chi connectivity index (χ1n) is 14.6. The Balaban J connectivity index is -0.000000298. The predicted octanol–water partition coefficient (Wildman–Crippen LogP) is 10.3. The largest absolute Gasteiger partial charge is 0.469 e. The minimum atomic E-state index is -5.97. The quantitative estimate of drug-likeness (QED) is 0.197. The molecule has 2 fully saturated rings. The van der Waals surface area contributed by atoms with E-state index >= 15 is 0 Å². The molecule has 51 heavy (non-hydrogen) atoms. The van der Waals surface area contributed by atoms with Gasteiger partial charge < -0.3 is 19.7 Å². The van der Waals surface area contributed by atoms with Crippen LogP contribution in [0.2, 0.25) is 0 Å². The van der Waals surface area contributed by atoms with Gasteiger partial charge in [0, 0.05) is 12.8 Å². The summed E-state index contributed by atoms with van der Waals surface area (Å²) in [6.45, 7) is 2.66. The van der Waals surface area contributed by atoms with Gasteiger partial charge in [0.15, 0.2) is 11.0 Å². The molecule has 0 aromatic carbocycles. The fourth-order valence-electron chi connectivity index (χ4n) is 4.57. The summed E-state index contributed by atoms with van der Waals surface area (Å²) in [5.41, 5.74) is -11.1. The van der Waals surface area contributed by atoms with Crippen molar-refractivity contribution in [2.24, 2.45) is 23.2 Å². The van der Waals surface area contributed by atoms with E-state index in [9.17, 15) is 80.6 Å². The lowest BCUT2D eigenvalue weighted by molar-refractivity contribution is -0.375. The summed E-state index contributed by atoms with van der Waals surface area (Å²) < 4.78 is 189. The zero-order valence-electron chi connectivity index (χ0n) is 27.3. The topological polar surface area (TPSA) is 93.1 Å². The Hall–Kier alpha value is -2.19. The van der Waals surface area contributed by atoms with Crippen LogP contribution in [0.1, 0.15) is 101 Å². The van der Waals surface area contributed by atoms with E-state index in [2.05, 4.69) is 9.47 Å². The third-order valence-corrected chi connectivity index (χ3v) is 8.30. The number of ether oxygens (including phenoxy) is 2. The van der Waals surface area contributed by atoms with E-state index in [-0.39, 0.29) is 40.1 Å². The number of halogens is 15. The van der Waals surface area contributed by atoms with Crippen LogP contribution in [0.25, 0.3) is 0 Å². The highest BCUT2D eigenvalue weighted by Crippen LogP contribution is 2.53. The third-order valence-electron chi connectivity index (χ3n) is 8.30. The van der Waals surface area contributed by atoms with Gasteiger partial charge >= 0.3 is 42.8 Å². The van der Waals surface area contributed by atoms with Gasteiger partial charge in [0.1, 0.15) is 6.61 Å². The maximum absolute atomic E-state index is 12.5. The second-order valence-corrected chi connectivity index (χ2v) is 11.9. The molecule has 0 amide bonds. The molecular formula is C30H49F15O6. The summed E-state index contributed by atoms with van der Waals surface area (Å²) in [5.74, 6) is -0.282. The molecule has 0 aromatic rings. The minimum Gasteiger partial charge on any atom is -0.469 e. The lowest BCUT2D eigenvalue weighted by atomic mass is 9.81. The maximum Gasteiger partial charge on any atom is 0.429 e. The third kappa shape index (κ3) is 15.8. The molecule has 2 rings (SSSR count). The van der Waals surface area contributed by atoms with Gasteiger partial charge in [-0.1, -0.05) is 42.0 Å². The van der Waals surface area contributed by atoms with Crippen LogP contribution in [0, 0.1) is 23.2 Å². The van der Waals surface area contributed by atoms with Crippen LogP contribution in [-0.2, 0) is 19.1 Å². The van der Waals surface area contributed by atoms with Gasteiger partial charge in [0.25, 0.3) is 5.60 Å². The standard InChI is InChI=1S/C11H17F3O.C7H8F6O3.C6H8F6.C4H8O2.2CH4/c1-10(15,11(12,13)14)6-9-5-7-2-3-8(9)4-7;1-2-4(14)16-3-5(15,6(8,9)10)7(11,12)13;1-3-4(2,5(7,8)9)6(10,11)12;1-3-4(5)6-2;;/h7-9,15H,2-6H2,1H3;15H,2-3H2,1H3;3H2,1-2H3;3H2,1-2H3;2*1H4. The molecule has 2 saturated carbocycles. The summed E-state index contributed by atoms with van der Waals surface area (Å²) in [4.78, 5) is 20.4. The Morgan fingerprint density at radius 2 is 1.06 bits per heavy atom. The normalized spacial score (nSPS) is 20.3. The first-order chi connectivity index (χ1) is 21.6. The van der Waals surface area contributed by atoms with E-state index in [0.29, 0.717) is 18.3 Å². The Bertz CT molecular complexity index is 982. The average Bonchev–Trinajstić information content (AvgIpc) is 3.56. The zero-order chi connectivity index (χ0) is 39.7. The number of esters is 2. The molecule has 0 radical (unpaired) electrons. The summed E-state index contributed by atoms with van der Waals surface area (Å²) in [7, 11) is 1.38. The van der Waals surface area contributed by atoms with Crippen molar-refractivity contribution in [3.63, 3.8) is 0 Å². The van der Waals surface area contributed by atoms with E-state index < -0.39 is 72.9 Å². The van der Waals surface area contributed by atoms with Gasteiger partial charge in [0.2, 0.25) is 0 Å². The molecule has 21 heteroatoms. The molecular weight excluding hydrogens is 741 g/mol. The second-order valence-electron chi connectivity index (χ2n) is 11.9. The van der Waals surface area contributed by atoms with Gasteiger partial charge in [-0.2, -0.15) is 65.9 Å². The fourth-order valence-corrected chi connectivity index (χ4v) is 4.57. The van der Waals surface area contributed by atoms with Gasteiger partial charge in [-0.15, -0.1) is 0 Å². The number of rotatable bonds is 7. The molecule has 2 aliphatic rings. The van der Waals surface area contributed by atoms with Crippen LogP contribution in [-0.4, -0.2) is 78.0 Å². The zero-order valence-corrected chi connectivity index (χ0v) is 27.3. The van der Waals surface area contributed by atoms with Crippen molar-refractivity contribution in [2.45, 2.75) is 143 Å². The van der Waals surface area contributed by atoms with Crippen LogP contribution in [0.5, 0.6) is 0 Å². The highest BCUT2D eigenvalue weighted by atomic mass is 19.4. The smallest absolute Gasteiger partial charge is 0.429 e. The number of alkyl halides is 15. The van der Waals surface area contributed by atoms with Crippen LogP contribution >= 0.6 is 0 Å². The molecule has 0 saturated heterocycles. The number of fused-ring (bicyclic) bond motifs is 2. The van der Waals surface area contributed by atoms with Gasteiger partial charge in [-0.05, 0) is 63.7 Å². The van der Waals surface area contributed by atoms with Crippen molar-refractivity contribution in [1.82, 2.24) is 0 Å². The summed E-state index contributed by atoms with van der Waals surface area (Å²) in [6.07, 6.45) is -23.7. The molecule has 2 N–H and O–H groups in total. The first-order valence-corrected chi connectivity index (χ1v) is 14.6. The number of methoxy groups -OCH3 is 1. The molecule has 2 bridgehead atoms. The average molecular weight is 791 g/mol. The summed E-state index contributed by atoms with van der Waals surface area (Å²) >= 11 is 0. The molecule has 4 atom stereocenters. The van der Waals surface area contributed by atoms with Crippen molar-refractivity contribution in [1.29, 1.82) is 0 Å². The molecule has 0 spiro atoms. The first kappa shape index (κ1) is 55.6. The van der Waals surface area contributed by atoms with Gasteiger partial charge in [-0.3, -0.25) is 9.59 Å². The van der Waals surface area contributed by atoms with Gasteiger partial charge in [0.05, 0.1) is 7.11 Å². The van der Waals surface area contributed by atoms with Crippen LogP contribution in [0.4, 0.5) is 65.9 Å². The molecule has 310 valence electrons. The second kappa shape index (κ2) is 20.3. The van der Waals surface area contributed by atoms with Crippen LogP contribution < -0.4 is 0 Å². The number of aliphatic hydroxyl groups is 2. The monoisotopic (exact) mass is 790 g/mol. The van der Waals surface area contributed by atoms with E-state index in [4.69, 9.17) is 5.11 Å². The molecule has 6 nitrogen and oxygen atoms in total. The summed E-state index contributed by atoms with van der Waals surface area (Å²) in [5, 5.41) is 17.9. The molecule has 0 aromatic heterocycles. The number of hydrogen-bond donors (Lipinski definition) is 2. The lowest BCUT2D eigenvalue weighted by Crippen LogP contribution is -2.60. The lowest BCUT2D eigenvalue weighted by Gasteiger charge is -2.32. The highest BCUT2D eigenvalue weighted by Gasteiger charge is 2.71. The number of carbonyl (C=O) groups is 2. The Morgan fingerprint density at radius 1 is 0.647 bits per heavy atom. The van der Waals surface area contributed by atoms with Gasteiger partial charge in [-0.25, -0.2) is 0 Å². The van der Waals surface area contributed by atoms with Crippen molar-refractivity contribution in [3.05, 3.63) is 0 Å². The number of hydrogen-bond acceptors (Lipinski definition) is 6. The van der Waals surface area contributed by atoms with Crippen LogP contribution in [0.15, 0.2) is 0 Å². The van der Waals surface area contributed by atoms with Crippen LogP contribution in [0.3, 0.4) is 0 Å². The van der Waals surface area contributed by atoms with E-state index in [0.717, 1.165) is 33.1 Å². The highest BCUT2D eigenvalue weighted by molar-refractivity contribution is 5.69.